The van der Waals surface area contributed by atoms with Crippen molar-refractivity contribution in [1.82, 2.24) is 10.5 Å². The van der Waals surface area contributed by atoms with E-state index in [2.05, 4.69) is 10.5 Å². The second-order valence-corrected chi connectivity index (χ2v) is 5.86. The first kappa shape index (κ1) is 18.7. The normalized spacial score (nSPS) is 11.8. The average molecular weight is 344 g/mol. The van der Waals surface area contributed by atoms with E-state index in [4.69, 9.17) is 9.26 Å². The van der Waals surface area contributed by atoms with Crippen molar-refractivity contribution in [3.05, 3.63) is 52.9 Å². The largest absolute Gasteiger partial charge is 0.464 e. The molecule has 2 aromatic rings. The van der Waals surface area contributed by atoms with E-state index in [1.807, 2.05) is 44.2 Å². The number of carbonyl (C=O) groups excluding carboxylic acids is 2. The van der Waals surface area contributed by atoms with Crippen LogP contribution in [0.4, 0.5) is 0 Å². The maximum absolute atomic E-state index is 12.3. The first-order valence-corrected chi connectivity index (χ1v) is 8.43. The van der Waals surface area contributed by atoms with Crippen LogP contribution in [-0.4, -0.2) is 29.7 Å². The van der Waals surface area contributed by atoms with Crippen LogP contribution in [0.3, 0.4) is 0 Å². The van der Waals surface area contributed by atoms with E-state index in [0.29, 0.717) is 12.8 Å². The smallest absolute Gasteiger partial charge is 0.328 e. The van der Waals surface area contributed by atoms with Crippen molar-refractivity contribution in [2.24, 2.45) is 0 Å². The van der Waals surface area contributed by atoms with Gasteiger partial charge in [0.2, 0.25) is 5.91 Å². The third-order valence-corrected chi connectivity index (χ3v) is 3.97. The zero-order valence-electron chi connectivity index (χ0n) is 14.9. The molecule has 0 saturated carbocycles. The molecule has 0 spiro atoms. The van der Waals surface area contributed by atoms with Gasteiger partial charge in [-0.25, -0.2) is 4.79 Å². The molecule has 1 atom stereocenters. The number of nitrogens with zero attached hydrogens (tertiary/aromatic N) is 1. The van der Waals surface area contributed by atoms with Crippen molar-refractivity contribution in [3.63, 3.8) is 0 Å². The lowest BCUT2D eigenvalue weighted by atomic mass is 10.0. The van der Waals surface area contributed by atoms with Gasteiger partial charge in [0.25, 0.3) is 0 Å². The molecule has 0 fully saturated rings. The fourth-order valence-corrected chi connectivity index (χ4v) is 2.65. The van der Waals surface area contributed by atoms with Crippen LogP contribution < -0.4 is 5.32 Å². The van der Waals surface area contributed by atoms with Crippen LogP contribution in [0.5, 0.6) is 0 Å². The van der Waals surface area contributed by atoms with Gasteiger partial charge in [0.05, 0.1) is 12.3 Å². The Hall–Kier alpha value is -2.63. The summed E-state index contributed by atoms with van der Waals surface area (Å²) in [7, 11) is 0. The number of rotatable bonds is 8. The Kier molecular flexibility index (Phi) is 6.74. The second kappa shape index (κ2) is 9.01. The zero-order valence-corrected chi connectivity index (χ0v) is 14.9. The standard InChI is InChI=1S/C19H24N2O4/c1-4-24-19(23)17(12-15-8-6-5-7-9-15)20-18(22)11-10-16-13(2)21-25-14(16)3/h5-9,17H,4,10-12H2,1-3H3,(H,20,22)/t17-/m0/s1. The van der Waals surface area contributed by atoms with Crippen LogP contribution >= 0.6 is 0 Å². The van der Waals surface area contributed by atoms with Crippen molar-refractivity contribution in [1.29, 1.82) is 0 Å². The monoisotopic (exact) mass is 344 g/mol. The predicted molar refractivity (Wildman–Crippen MR) is 93.0 cm³/mol. The van der Waals surface area contributed by atoms with Crippen LogP contribution in [0.2, 0.25) is 0 Å². The van der Waals surface area contributed by atoms with Crippen molar-refractivity contribution in [2.75, 3.05) is 6.61 Å². The number of hydrogen-bond acceptors (Lipinski definition) is 5. The number of aromatic nitrogens is 1. The highest BCUT2D eigenvalue weighted by molar-refractivity contribution is 5.84. The molecule has 1 heterocycles. The van der Waals surface area contributed by atoms with E-state index in [9.17, 15) is 9.59 Å². The Morgan fingerprint density at radius 1 is 1.24 bits per heavy atom. The van der Waals surface area contributed by atoms with E-state index in [1.54, 1.807) is 6.92 Å². The van der Waals surface area contributed by atoms with Gasteiger partial charge in [-0.2, -0.15) is 0 Å². The summed E-state index contributed by atoms with van der Waals surface area (Å²) < 4.78 is 10.2. The van der Waals surface area contributed by atoms with Crippen molar-refractivity contribution < 1.29 is 18.8 Å². The van der Waals surface area contributed by atoms with Crippen LogP contribution in [0.25, 0.3) is 0 Å². The zero-order chi connectivity index (χ0) is 18.2. The summed E-state index contributed by atoms with van der Waals surface area (Å²) in [6.07, 6.45) is 1.18. The highest BCUT2D eigenvalue weighted by Crippen LogP contribution is 2.14. The first-order chi connectivity index (χ1) is 12.0. The second-order valence-electron chi connectivity index (χ2n) is 5.86. The molecule has 0 aliphatic rings. The van der Waals surface area contributed by atoms with Crippen LogP contribution in [0.1, 0.15) is 35.9 Å². The van der Waals surface area contributed by atoms with E-state index < -0.39 is 12.0 Å². The summed E-state index contributed by atoms with van der Waals surface area (Å²) >= 11 is 0. The lowest BCUT2D eigenvalue weighted by Gasteiger charge is -2.17. The number of amides is 1. The Morgan fingerprint density at radius 2 is 1.96 bits per heavy atom. The van der Waals surface area contributed by atoms with Crippen LogP contribution in [0.15, 0.2) is 34.9 Å². The minimum absolute atomic E-state index is 0.200. The highest BCUT2D eigenvalue weighted by atomic mass is 16.5. The minimum atomic E-state index is -0.695. The summed E-state index contributed by atoms with van der Waals surface area (Å²) in [6, 6.07) is 8.85. The van der Waals surface area contributed by atoms with Crippen molar-refractivity contribution in [2.45, 2.75) is 46.1 Å². The van der Waals surface area contributed by atoms with Crippen molar-refractivity contribution in [3.8, 4) is 0 Å². The van der Waals surface area contributed by atoms with Crippen LogP contribution in [0, 0.1) is 13.8 Å². The predicted octanol–water partition coefficient (Wildman–Crippen LogP) is 2.51. The topological polar surface area (TPSA) is 81.4 Å². The molecule has 2 rings (SSSR count). The Bertz CT molecular complexity index is 690. The van der Waals surface area contributed by atoms with E-state index >= 15 is 0 Å². The van der Waals surface area contributed by atoms with Gasteiger partial charge in [-0.05, 0) is 32.8 Å². The molecule has 1 aromatic carbocycles. The minimum Gasteiger partial charge on any atom is -0.464 e. The number of nitrogens with one attached hydrogen (secondary N) is 1. The van der Waals surface area contributed by atoms with Gasteiger partial charge >= 0.3 is 5.97 Å². The van der Waals surface area contributed by atoms with E-state index in [1.165, 1.54) is 0 Å². The molecule has 0 aliphatic carbocycles. The van der Waals surface area contributed by atoms with Gasteiger partial charge in [-0.15, -0.1) is 0 Å². The molecule has 1 amide bonds. The number of ether oxygens (including phenoxy) is 1. The summed E-state index contributed by atoms with van der Waals surface area (Å²) in [5.74, 6) is 0.0996. The van der Waals surface area contributed by atoms with Crippen LogP contribution in [-0.2, 0) is 27.2 Å². The lowest BCUT2D eigenvalue weighted by molar-refractivity contribution is -0.147. The maximum Gasteiger partial charge on any atom is 0.328 e. The molecule has 6 nitrogen and oxygen atoms in total. The number of benzene rings is 1. The third kappa shape index (κ3) is 5.45. The highest BCUT2D eigenvalue weighted by Gasteiger charge is 2.22. The van der Waals surface area contributed by atoms with Crippen molar-refractivity contribution >= 4 is 11.9 Å². The fraction of sp³-hybridized carbons (Fsp3) is 0.421. The van der Waals surface area contributed by atoms with E-state index in [0.717, 1.165) is 22.6 Å². The van der Waals surface area contributed by atoms with Gasteiger partial charge in [0.15, 0.2) is 0 Å². The fourth-order valence-electron chi connectivity index (χ4n) is 2.65. The van der Waals surface area contributed by atoms with Gasteiger partial charge in [-0.1, -0.05) is 35.5 Å². The average Bonchev–Trinajstić information content (AvgIpc) is 2.92. The molecular weight excluding hydrogens is 320 g/mol. The van der Waals surface area contributed by atoms with E-state index in [-0.39, 0.29) is 18.9 Å². The summed E-state index contributed by atoms with van der Waals surface area (Å²) in [5.41, 5.74) is 2.69. The molecule has 0 unspecified atom stereocenters. The van der Waals surface area contributed by atoms with Gasteiger partial charge in [0.1, 0.15) is 11.8 Å². The Labute approximate surface area is 147 Å². The summed E-state index contributed by atoms with van der Waals surface area (Å²) in [6.45, 7) is 5.69. The number of aryl methyl sites for hydroxylation is 2. The molecule has 1 aromatic heterocycles. The van der Waals surface area contributed by atoms with Gasteiger partial charge < -0.3 is 14.6 Å². The molecule has 134 valence electrons. The van der Waals surface area contributed by atoms with Gasteiger partial charge in [-0.3, -0.25) is 4.79 Å². The summed E-state index contributed by atoms with van der Waals surface area (Å²) in [5, 5.41) is 6.67. The number of esters is 1. The molecule has 0 saturated heterocycles. The molecular formula is C19H24N2O4. The number of carbonyl (C=O) groups is 2. The molecule has 1 N–H and O–H groups in total. The Balaban J connectivity index is 1.97. The molecule has 25 heavy (non-hydrogen) atoms. The molecule has 0 aliphatic heterocycles. The number of hydrogen-bond donors (Lipinski definition) is 1. The van der Waals surface area contributed by atoms with Gasteiger partial charge in [0, 0.05) is 18.4 Å². The summed E-state index contributed by atoms with van der Waals surface area (Å²) in [4.78, 5) is 24.5. The molecule has 6 heteroatoms. The third-order valence-electron chi connectivity index (χ3n) is 3.97. The SMILES string of the molecule is CCOC(=O)[C@H](Cc1ccccc1)NC(=O)CCc1c(C)noc1C. The molecule has 0 radical (unpaired) electrons. The quantitative estimate of drug-likeness (QED) is 0.744. The first-order valence-electron chi connectivity index (χ1n) is 8.43. The molecule has 0 bridgehead atoms. The maximum atomic E-state index is 12.3. The Morgan fingerprint density at radius 3 is 2.56 bits per heavy atom. The lowest BCUT2D eigenvalue weighted by Crippen LogP contribution is -2.43.